The van der Waals surface area contributed by atoms with Crippen LogP contribution in [0.4, 0.5) is 5.69 Å². The second-order valence-electron chi connectivity index (χ2n) is 5.73. The second kappa shape index (κ2) is 6.41. The fourth-order valence-corrected chi connectivity index (χ4v) is 2.49. The molecule has 0 bridgehead atoms. The molecule has 1 atom stereocenters. The van der Waals surface area contributed by atoms with Gasteiger partial charge in [-0.05, 0) is 43.0 Å². The molecule has 1 fully saturated rings. The van der Waals surface area contributed by atoms with Crippen LogP contribution in [0.3, 0.4) is 0 Å². The number of aryl methyl sites for hydroxylation is 1. The maximum absolute atomic E-state index is 12.5. The van der Waals surface area contributed by atoms with Crippen LogP contribution in [0.2, 0.25) is 5.02 Å². The zero-order valence-electron chi connectivity index (χ0n) is 12.5. The molecule has 2 N–H and O–H groups in total. The van der Waals surface area contributed by atoms with Gasteiger partial charge >= 0.3 is 0 Å². The molecule has 0 saturated heterocycles. The van der Waals surface area contributed by atoms with Crippen LogP contribution < -0.4 is 10.6 Å². The summed E-state index contributed by atoms with van der Waals surface area (Å²) in [6.07, 6.45) is 2.15. The Labute approximate surface area is 135 Å². The fourth-order valence-electron chi connectivity index (χ4n) is 2.31. The van der Waals surface area contributed by atoms with Gasteiger partial charge in [0.25, 0.3) is 0 Å². The van der Waals surface area contributed by atoms with Gasteiger partial charge in [-0.2, -0.15) is 0 Å². The lowest BCUT2D eigenvalue weighted by Crippen LogP contribution is -2.34. The van der Waals surface area contributed by atoms with Crippen molar-refractivity contribution in [1.82, 2.24) is 5.32 Å². The van der Waals surface area contributed by atoms with Crippen LogP contribution in [-0.4, -0.2) is 11.9 Å². The van der Waals surface area contributed by atoms with E-state index in [0.717, 1.165) is 29.7 Å². The number of anilines is 1. The standard InChI is InChI=1S/C18H19ClN2O/c1-12-7-8-15(11-16(12)19)20-17(13-5-3-2-4-6-13)18(22)21-14-9-10-14/h2-8,11,14,17,20H,9-10H2,1H3,(H,21,22). The molecule has 3 nitrogen and oxygen atoms in total. The number of benzene rings is 2. The van der Waals surface area contributed by atoms with Crippen molar-refractivity contribution in [1.29, 1.82) is 0 Å². The Balaban J connectivity index is 1.83. The van der Waals surface area contributed by atoms with Crippen molar-refractivity contribution >= 4 is 23.2 Å². The molecule has 0 aliphatic heterocycles. The largest absolute Gasteiger partial charge is 0.370 e. The van der Waals surface area contributed by atoms with Gasteiger partial charge in [0.05, 0.1) is 0 Å². The lowest BCUT2D eigenvalue weighted by Gasteiger charge is -2.20. The molecule has 2 aromatic rings. The number of nitrogens with one attached hydrogen (secondary N) is 2. The Kier molecular flexibility index (Phi) is 4.34. The molecular weight excluding hydrogens is 296 g/mol. The van der Waals surface area contributed by atoms with E-state index in [4.69, 9.17) is 11.6 Å². The highest BCUT2D eigenvalue weighted by Crippen LogP contribution is 2.26. The molecular formula is C18H19ClN2O. The smallest absolute Gasteiger partial charge is 0.247 e. The van der Waals surface area contributed by atoms with Crippen molar-refractivity contribution in [3.63, 3.8) is 0 Å². The Morgan fingerprint density at radius 3 is 2.55 bits per heavy atom. The predicted octanol–water partition coefficient (Wildman–Crippen LogP) is 4.08. The molecule has 1 aliphatic carbocycles. The summed E-state index contributed by atoms with van der Waals surface area (Å²) in [5.74, 6) is 0.00500. The van der Waals surface area contributed by atoms with Crippen molar-refractivity contribution in [2.75, 3.05) is 5.32 Å². The lowest BCUT2D eigenvalue weighted by atomic mass is 10.1. The Morgan fingerprint density at radius 1 is 1.18 bits per heavy atom. The molecule has 2 aromatic carbocycles. The Hall–Kier alpha value is -2.00. The topological polar surface area (TPSA) is 41.1 Å². The lowest BCUT2D eigenvalue weighted by molar-refractivity contribution is -0.122. The highest BCUT2D eigenvalue weighted by molar-refractivity contribution is 6.31. The van der Waals surface area contributed by atoms with Crippen molar-refractivity contribution in [2.45, 2.75) is 31.8 Å². The Morgan fingerprint density at radius 2 is 1.91 bits per heavy atom. The van der Waals surface area contributed by atoms with E-state index in [1.807, 2.05) is 55.5 Å². The summed E-state index contributed by atoms with van der Waals surface area (Å²) < 4.78 is 0. The van der Waals surface area contributed by atoms with Gasteiger partial charge in [-0.3, -0.25) is 4.79 Å². The number of carbonyl (C=O) groups excluding carboxylic acids is 1. The normalized spacial score (nSPS) is 15.2. The van der Waals surface area contributed by atoms with Crippen LogP contribution >= 0.6 is 11.6 Å². The summed E-state index contributed by atoms with van der Waals surface area (Å²) >= 11 is 6.18. The number of rotatable bonds is 5. The van der Waals surface area contributed by atoms with Gasteiger partial charge in [0.15, 0.2) is 0 Å². The first-order valence-electron chi connectivity index (χ1n) is 7.51. The molecule has 0 radical (unpaired) electrons. The van der Waals surface area contributed by atoms with Gasteiger partial charge < -0.3 is 10.6 Å². The average Bonchev–Trinajstić information content (AvgIpc) is 3.33. The van der Waals surface area contributed by atoms with E-state index in [2.05, 4.69) is 10.6 Å². The summed E-state index contributed by atoms with van der Waals surface area (Å²) in [4.78, 5) is 12.5. The minimum atomic E-state index is -0.416. The fraction of sp³-hybridized carbons (Fsp3) is 0.278. The summed E-state index contributed by atoms with van der Waals surface area (Å²) in [6, 6.07) is 15.4. The number of hydrogen-bond acceptors (Lipinski definition) is 2. The van der Waals surface area contributed by atoms with Crippen molar-refractivity contribution in [3.05, 3.63) is 64.7 Å². The molecule has 0 heterocycles. The molecule has 3 rings (SSSR count). The van der Waals surface area contributed by atoms with Crippen molar-refractivity contribution in [2.24, 2.45) is 0 Å². The van der Waals surface area contributed by atoms with Crippen LogP contribution in [0, 0.1) is 6.92 Å². The first kappa shape index (κ1) is 14.9. The van der Waals surface area contributed by atoms with Crippen LogP contribution in [0.25, 0.3) is 0 Å². The number of amides is 1. The van der Waals surface area contributed by atoms with Crippen LogP contribution in [-0.2, 0) is 4.79 Å². The van der Waals surface area contributed by atoms with Gasteiger partial charge in [0.2, 0.25) is 5.91 Å². The second-order valence-corrected chi connectivity index (χ2v) is 6.14. The maximum atomic E-state index is 12.5. The van der Waals surface area contributed by atoms with E-state index in [1.54, 1.807) is 0 Å². The molecule has 114 valence electrons. The highest BCUT2D eigenvalue weighted by Gasteiger charge is 2.28. The number of carbonyl (C=O) groups is 1. The molecule has 4 heteroatoms. The van der Waals surface area contributed by atoms with E-state index in [-0.39, 0.29) is 5.91 Å². The Bertz CT molecular complexity index is 668. The third kappa shape index (κ3) is 3.60. The molecule has 0 aromatic heterocycles. The first-order valence-corrected chi connectivity index (χ1v) is 7.89. The highest BCUT2D eigenvalue weighted by atomic mass is 35.5. The average molecular weight is 315 g/mol. The van der Waals surface area contributed by atoms with E-state index >= 15 is 0 Å². The van der Waals surface area contributed by atoms with E-state index in [0.29, 0.717) is 11.1 Å². The van der Waals surface area contributed by atoms with E-state index in [9.17, 15) is 4.79 Å². The van der Waals surface area contributed by atoms with Crippen LogP contribution in [0.1, 0.15) is 30.0 Å². The zero-order chi connectivity index (χ0) is 15.5. The minimum absolute atomic E-state index is 0.00500. The van der Waals surface area contributed by atoms with Gasteiger partial charge in [-0.15, -0.1) is 0 Å². The minimum Gasteiger partial charge on any atom is -0.370 e. The summed E-state index contributed by atoms with van der Waals surface area (Å²) in [6.45, 7) is 1.96. The van der Waals surface area contributed by atoms with Crippen LogP contribution in [0.15, 0.2) is 48.5 Å². The molecule has 1 amide bonds. The number of halogens is 1. The molecule has 0 spiro atoms. The van der Waals surface area contributed by atoms with Gasteiger partial charge in [-0.25, -0.2) is 0 Å². The summed E-state index contributed by atoms with van der Waals surface area (Å²) in [5, 5.41) is 7.06. The molecule has 1 unspecified atom stereocenters. The summed E-state index contributed by atoms with van der Waals surface area (Å²) in [7, 11) is 0. The van der Waals surface area contributed by atoms with E-state index < -0.39 is 6.04 Å². The van der Waals surface area contributed by atoms with Gasteiger partial charge in [0, 0.05) is 16.8 Å². The zero-order valence-corrected chi connectivity index (χ0v) is 13.2. The van der Waals surface area contributed by atoms with Gasteiger partial charge in [0.1, 0.15) is 6.04 Å². The predicted molar refractivity (Wildman–Crippen MR) is 90.2 cm³/mol. The SMILES string of the molecule is Cc1ccc(NC(C(=O)NC2CC2)c2ccccc2)cc1Cl. The maximum Gasteiger partial charge on any atom is 0.247 e. The third-order valence-corrected chi connectivity index (χ3v) is 4.21. The number of hydrogen-bond donors (Lipinski definition) is 2. The van der Waals surface area contributed by atoms with Crippen molar-refractivity contribution < 1.29 is 4.79 Å². The first-order chi connectivity index (χ1) is 10.6. The quantitative estimate of drug-likeness (QED) is 0.873. The van der Waals surface area contributed by atoms with E-state index in [1.165, 1.54) is 0 Å². The third-order valence-electron chi connectivity index (χ3n) is 3.80. The van der Waals surface area contributed by atoms with Gasteiger partial charge in [-0.1, -0.05) is 48.0 Å². The molecule has 1 saturated carbocycles. The summed E-state index contributed by atoms with van der Waals surface area (Å²) in [5.41, 5.74) is 2.80. The van der Waals surface area contributed by atoms with Crippen LogP contribution in [0.5, 0.6) is 0 Å². The van der Waals surface area contributed by atoms with Crippen molar-refractivity contribution in [3.8, 4) is 0 Å². The molecule has 1 aliphatic rings. The monoisotopic (exact) mass is 314 g/mol. The molecule has 22 heavy (non-hydrogen) atoms.